The SMILES string of the molecule is COc1cccc(/C=N/NC(=O)C[NH+]2CCN(S(=O)(=O)c3ccc(Br)cc3)CC2)c1. The van der Waals surface area contributed by atoms with Gasteiger partial charge in [0.05, 0.1) is 44.4 Å². The lowest BCUT2D eigenvalue weighted by atomic mass is 10.2. The number of halogens is 1. The van der Waals surface area contributed by atoms with Crippen LogP contribution in [-0.4, -0.2) is 64.7 Å². The van der Waals surface area contributed by atoms with E-state index in [9.17, 15) is 13.2 Å². The Morgan fingerprint density at radius 3 is 2.60 bits per heavy atom. The molecule has 30 heavy (non-hydrogen) atoms. The Hall–Kier alpha value is -2.27. The zero-order chi connectivity index (χ0) is 21.6. The fourth-order valence-electron chi connectivity index (χ4n) is 3.14. The van der Waals surface area contributed by atoms with Gasteiger partial charge in [-0.25, -0.2) is 13.8 Å². The Morgan fingerprint density at radius 2 is 1.93 bits per heavy atom. The van der Waals surface area contributed by atoms with E-state index in [2.05, 4.69) is 26.5 Å². The second-order valence-electron chi connectivity index (χ2n) is 6.85. The maximum Gasteiger partial charge on any atom is 0.295 e. The number of piperazine rings is 1. The first-order valence-electron chi connectivity index (χ1n) is 9.44. The molecule has 3 rings (SSSR count). The highest BCUT2D eigenvalue weighted by molar-refractivity contribution is 9.10. The summed E-state index contributed by atoms with van der Waals surface area (Å²) in [6, 6.07) is 13.9. The van der Waals surface area contributed by atoms with Crippen LogP contribution in [-0.2, 0) is 14.8 Å². The molecule has 2 aromatic rings. The van der Waals surface area contributed by atoms with Crippen LogP contribution in [0.25, 0.3) is 0 Å². The lowest BCUT2D eigenvalue weighted by Gasteiger charge is -2.31. The third-order valence-electron chi connectivity index (χ3n) is 4.79. The van der Waals surface area contributed by atoms with Gasteiger partial charge in [0.1, 0.15) is 5.75 Å². The van der Waals surface area contributed by atoms with E-state index in [0.717, 1.165) is 14.9 Å². The van der Waals surface area contributed by atoms with Gasteiger partial charge in [-0.05, 0) is 42.0 Å². The van der Waals surface area contributed by atoms with Crippen molar-refractivity contribution in [2.24, 2.45) is 5.10 Å². The van der Waals surface area contributed by atoms with Gasteiger partial charge in [-0.2, -0.15) is 9.41 Å². The summed E-state index contributed by atoms with van der Waals surface area (Å²) in [6.07, 6.45) is 1.55. The molecule has 8 nitrogen and oxygen atoms in total. The van der Waals surface area contributed by atoms with E-state index in [1.807, 2.05) is 24.3 Å². The summed E-state index contributed by atoms with van der Waals surface area (Å²) in [6.45, 7) is 2.09. The molecule has 1 amide bonds. The van der Waals surface area contributed by atoms with Crippen molar-refractivity contribution in [3.05, 3.63) is 58.6 Å². The quantitative estimate of drug-likeness (QED) is 0.432. The molecule has 1 aliphatic rings. The van der Waals surface area contributed by atoms with E-state index in [-0.39, 0.29) is 17.3 Å². The number of hydrogen-bond acceptors (Lipinski definition) is 5. The largest absolute Gasteiger partial charge is 0.497 e. The number of carbonyl (C=O) groups is 1. The standard InChI is InChI=1S/C20H23BrN4O4S/c1-29-18-4-2-3-16(13-18)14-22-23-20(26)15-24-9-11-25(12-10-24)30(27,28)19-7-5-17(21)6-8-19/h2-8,13-14H,9-12,15H2,1H3,(H,23,26)/p+1/b22-14+. The molecule has 1 fully saturated rings. The van der Waals surface area contributed by atoms with Crippen LogP contribution >= 0.6 is 15.9 Å². The molecule has 0 radical (unpaired) electrons. The molecule has 2 N–H and O–H groups in total. The molecule has 0 aliphatic carbocycles. The van der Waals surface area contributed by atoms with Gasteiger partial charge in [0.15, 0.2) is 6.54 Å². The van der Waals surface area contributed by atoms with E-state index in [1.165, 1.54) is 4.31 Å². The molecule has 1 saturated heterocycles. The normalized spacial score (nSPS) is 15.9. The highest BCUT2D eigenvalue weighted by Gasteiger charge is 2.31. The predicted molar refractivity (Wildman–Crippen MR) is 117 cm³/mol. The van der Waals surface area contributed by atoms with Crippen LogP contribution in [0.5, 0.6) is 5.75 Å². The molecule has 0 saturated carbocycles. The van der Waals surface area contributed by atoms with Crippen molar-refractivity contribution >= 4 is 38.1 Å². The highest BCUT2D eigenvalue weighted by Crippen LogP contribution is 2.18. The number of quaternary nitrogens is 1. The van der Waals surface area contributed by atoms with Crippen LogP contribution in [0.2, 0.25) is 0 Å². The van der Waals surface area contributed by atoms with Crippen LogP contribution in [0.1, 0.15) is 5.56 Å². The van der Waals surface area contributed by atoms with Gasteiger partial charge in [0.25, 0.3) is 5.91 Å². The third kappa shape index (κ3) is 5.88. The molecular weight excluding hydrogens is 472 g/mol. The number of ether oxygens (including phenoxy) is 1. The van der Waals surface area contributed by atoms with Gasteiger partial charge in [-0.15, -0.1) is 0 Å². The summed E-state index contributed by atoms with van der Waals surface area (Å²) >= 11 is 3.31. The topological polar surface area (TPSA) is 92.5 Å². The average molecular weight is 496 g/mol. The monoisotopic (exact) mass is 495 g/mol. The van der Waals surface area contributed by atoms with E-state index in [4.69, 9.17) is 4.74 Å². The number of hydrazone groups is 1. The maximum atomic E-state index is 12.7. The first-order valence-corrected chi connectivity index (χ1v) is 11.7. The van der Waals surface area contributed by atoms with Gasteiger partial charge >= 0.3 is 0 Å². The summed E-state index contributed by atoms with van der Waals surface area (Å²) in [4.78, 5) is 13.4. The number of hydrogen-bond donors (Lipinski definition) is 2. The van der Waals surface area contributed by atoms with E-state index < -0.39 is 10.0 Å². The molecule has 2 aromatic carbocycles. The molecule has 10 heteroatoms. The predicted octanol–water partition coefficient (Wildman–Crippen LogP) is 0.497. The zero-order valence-electron chi connectivity index (χ0n) is 16.5. The van der Waals surface area contributed by atoms with Crippen LogP contribution in [0.4, 0.5) is 0 Å². The summed E-state index contributed by atoms with van der Waals surface area (Å²) in [5, 5.41) is 3.98. The number of rotatable bonds is 7. The highest BCUT2D eigenvalue weighted by atomic mass is 79.9. The molecule has 1 aliphatic heterocycles. The minimum Gasteiger partial charge on any atom is -0.497 e. The second-order valence-corrected chi connectivity index (χ2v) is 9.71. The summed E-state index contributed by atoms with van der Waals surface area (Å²) in [5.74, 6) is 0.499. The second kappa shape index (κ2) is 10.2. The maximum absolute atomic E-state index is 12.7. The first kappa shape index (κ1) is 22.4. The van der Waals surface area contributed by atoms with Crippen molar-refractivity contribution < 1.29 is 22.8 Å². The van der Waals surface area contributed by atoms with Crippen molar-refractivity contribution in [3.63, 3.8) is 0 Å². The van der Waals surface area contributed by atoms with Gasteiger partial charge in [-0.3, -0.25) is 4.79 Å². The number of amides is 1. The van der Waals surface area contributed by atoms with E-state index in [1.54, 1.807) is 37.6 Å². The van der Waals surface area contributed by atoms with E-state index in [0.29, 0.717) is 31.9 Å². The molecular formula is C20H24BrN4O4S+. The Kier molecular flexibility index (Phi) is 7.59. The molecule has 0 aromatic heterocycles. The first-order chi connectivity index (χ1) is 14.4. The lowest BCUT2D eigenvalue weighted by molar-refractivity contribution is -0.895. The Balaban J connectivity index is 1.47. The lowest BCUT2D eigenvalue weighted by Crippen LogP contribution is -3.15. The van der Waals surface area contributed by atoms with Crippen molar-refractivity contribution in [2.75, 3.05) is 39.8 Å². The van der Waals surface area contributed by atoms with Crippen molar-refractivity contribution in [3.8, 4) is 5.75 Å². The fourth-order valence-corrected chi connectivity index (χ4v) is 4.85. The number of benzene rings is 2. The fraction of sp³-hybridized carbons (Fsp3) is 0.300. The summed E-state index contributed by atoms with van der Waals surface area (Å²) in [5.41, 5.74) is 3.33. The Labute approximate surface area is 184 Å². The molecule has 160 valence electrons. The van der Waals surface area contributed by atoms with E-state index >= 15 is 0 Å². The summed E-state index contributed by atoms with van der Waals surface area (Å²) < 4.78 is 32.9. The number of carbonyl (C=O) groups excluding carboxylic acids is 1. The van der Waals surface area contributed by atoms with Crippen molar-refractivity contribution in [1.82, 2.24) is 9.73 Å². The van der Waals surface area contributed by atoms with Gasteiger partial charge in [-0.1, -0.05) is 28.1 Å². The Morgan fingerprint density at radius 1 is 1.23 bits per heavy atom. The third-order valence-corrected chi connectivity index (χ3v) is 7.23. The summed E-state index contributed by atoms with van der Waals surface area (Å²) in [7, 11) is -1.93. The number of sulfonamides is 1. The van der Waals surface area contributed by atoms with Crippen molar-refractivity contribution in [1.29, 1.82) is 0 Å². The van der Waals surface area contributed by atoms with Crippen LogP contribution < -0.4 is 15.1 Å². The van der Waals surface area contributed by atoms with Gasteiger partial charge < -0.3 is 9.64 Å². The number of methoxy groups -OCH3 is 1. The smallest absolute Gasteiger partial charge is 0.295 e. The molecule has 0 atom stereocenters. The van der Waals surface area contributed by atoms with Crippen LogP contribution in [0.15, 0.2) is 63.0 Å². The van der Waals surface area contributed by atoms with Gasteiger partial charge in [0.2, 0.25) is 10.0 Å². The minimum absolute atomic E-state index is 0.214. The van der Waals surface area contributed by atoms with Crippen LogP contribution in [0, 0.1) is 0 Å². The molecule has 0 spiro atoms. The molecule has 1 heterocycles. The number of nitrogens with zero attached hydrogens (tertiary/aromatic N) is 2. The minimum atomic E-state index is -3.52. The van der Waals surface area contributed by atoms with Gasteiger partial charge in [0, 0.05) is 4.47 Å². The molecule has 0 unspecified atom stereocenters. The van der Waals surface area contributed by atoms with Crippen LogP contribution in [0.3, 0.4) is 0 Å². The Bertz CT molecular complexity index is 1000. The van der Waals surface area contributed by atoms with Crippen molar-refractivity contribution in [2.45, 2.75) is 4.90 Å². The molecule has 0 bridgehead atoms. The average Bonchev–Trinajstić information content (AvgIpc) is 2.74. The zero-order valence-corrected chi connectivity index (χ0v) is 18.9. The number of nitrogens with one attached hydrogen (secondary N) is 2.